The molecular formula is C17H21N5O. The molecule has 2 heterocycles. The third-order valence-electron chi connectivity index (χ3n) is 4.22. The molecule has 1 aliphatic heterocycles. The number of hydrogen-bond acceptors (Lipinski definition) is 6. The number of anilines is 3. The van der Waals surface area contributed by atoms with Crippen molar-refractivity contribution < 1.29 is 4.74 Å². The van der Waals surface area contributed by atoms with Crippen molar-refractivity contribution in [2.45, 2.75) is 25.0 Å². The molecule has 0 unspecified atom stereocenters. The number of nitrogens with two attached hydrogens (primary N) is 1. The quantitative estimate of drug-likeness (QED) is 0.901. The van der Waals surface area contributed by atoms with E-state index >= 15 is 0 Å². The average molecular weight is 311 g/mol. The summed E-state index contributed by atoms with van der Waals surface area (Å²) in [6.07, 6.45) is 2.46. The van der Waals surface area contributed by atoms with E-state index < -0.39 is 0 Å². The largest absolute Gasteiger partial charge is 0.370 e. The first-order valence-corrected chi connectivity index (χ1v) is 8.10. The van der Waals surface area contributed by atoms with E-state index in [4.69, 9.17) is 10.5 Å². The van der Waals surface area contributed by atoms with E-state index in [0.717, 1.165) is 24.7 Å². The first-order valence-electron chi connectivity index (χ1n) is 8.10. The van der Waals surface area contributed by atoms with E-state index in [-0.39, 0.29) is 6.10 Å². The Hall–Kier alpha value is -2.34. The van der Waals surface area contributed by atoms with Crippen LogP contribution in [0.1, 0.15) is 24.5 Å². The molecule has 1 atom stereocenters. The fourth-order valence-corrected chi connectivity index (χ4v) is 2.85. The molecule has 120 valence electrons. The Balaban J connectivity index is 1.53. The third-order valence-corrected chi connectivity index (χ3v) is 4.22. The maximum Gasteiger partial charge on any atom is 0.223 e. The highest BCUT2D eigenvalue weighted by Crippen LogP contribution is 2.28. The van der Waals surface area contributed by atoms with Gasteiger partial charge in [0.2, 0.25) is 5.95 Å². The Morgan fingerprint density at radius 2 is 2.00 bits per heavy atom. The standard InChI is InChI=1S/C17H21N5O/c18-17-20-15(19-13-6-7-13)10-16(21-17)22-8-9-23-14(11-22)12-4-2-1-3-5-12/h1-5,10,13-14H,6-9,11H2,(H3,18,19,20,21)/t14-/m0/s1. The zero-order valence-electron chi connectivity index (χ0n) is 13.0. The topological polar surface area (TPSA) is 76.3 Å². The Morgan fingerprint density at radius 1 is 1.17 bits per heavy atom. The fourth-order valence-electron chi connectivity index (χ4n) is 2.85. The normalized spacial score (nSPS) is 21.2. The van der Waals surface area contributed by atoms with Crippen LogP contribution < -0.4 is 16.0 Å². The predicted octanol–water partition coefficient (Wildman–Crippen LogP) is 2.21. The lowest BCUT2D eigenvalue weighted by Gasteiger charge is -2.34. The number of hydrogen-bond donors (Lipinski definition) is 2. The Bertz CT molecular complexity index is 674. The summed E-state index contributed by atoms with van der Waals surface area (Å²) in [5.41, 5.74) is 7.08. The van der Waals surface area contributed by atoms with Crippen LogP contribution in [-0.4, -0.2) is 35.7 Å². The van der Waals surface area contributed by atoms with Crippen molar-refractivity contribution in [2.75, 3.05) is 35.6 Å². The molecule has 23 heavy (non-hydrogen) atoms. The van der Waals surface area contributed by atoms with Crippen molar-refractivity contribution in [1.29, 1.82) is 0 Å². The second-order valence-electron chi connectivity index (χ2n) is 6.10. The summed E-state index contributed by atoms with van der Waals surface area (Å²) in [6, 6.07) is 12.8. The number of benzene rings is 1. The number of aromatic nitrogens is 2. The number of rotatable bonds is 4. The molecule has 2 aliphatic rings. The summed E-state index contributed by atoms with van der Waals surface area (Å²) in [5, 5.41) is 3.39. The Labute approximate surface area is 135 Å². The van der Waals surface area contributed by atoms with Crippen LogP contribution in [-0.2, 0) is 4.74 Å². The van der Waals surface area contributed by atoms with Crippen LogP contribution in [0.15, 0.2) is 36.4 Å². The summed E-state index contributed by atoms with van der Waals surface area (Å²) in [7, 11) is 0. The maximum absolute atomic E-state index is 5.92. The first kappa shape index (κ1) is 14.3. The van der Waals surface area contributed by atoms with E-state index in [0.29, 0.717) is 18.6 Å². The van der Waals surface area contributed by atoms with Crippen molar-refractivity contribution in [3.8, 4) is 0 Å². The van der Waals surface area contributed by atoms with Crippen LogP contribution in [0.4, 0.5) is 17.6 Å². The molecule has 1 aliphatic carbocycles. The molecule has 0 bridgehead atoms. The van der Waals surface area contributed by atoms with Crippen LogP contribution in [0, 0.1) is 0 Å². The molecule has 3 N–H and O–H groups in total. The van der Waals surface area contributed by atoms with E-state index in [2.05, 4.69) is 32.3 Å². The lowest BCUT2D eigenvalue weighted by atomic mass is 10.1. The van der Waals surface area contributed by atoms with Crippen LogP contribution in [0.2, 0.25) is 0 Å². The third kappa shape index (κ3) is 3.37. The second kappa shape index (κ2) is 6.04. The van der Waals surface area contributed by atoms with Gasteiger partial charge < -0.3 is 20.7 Å². The molecule has 0 spiro atoms. The molecule has 0 radical (unpaired) electrons. The van der Waals surface area contributed by atoms with E-state index in [1.165, 1.54) is 18.4 Å². The van der Waals surface area contributed by atoms with Gasteiger partial charge in [-0.25, -0.2) is 0 Å². The van der Waals surface area contributed by atoms with Gasteiger partial charge in [-0.15, -0.1) is 0 Å². The van der Waals surface area contributed by atoms with E-state index in [9.17, 15) is 0 Å². The van der Waals surface area contributed by atoms with Crippen LogP contribution in [0.25, 0.3) is 0 Å². The summed E-state index contributed by atoms with van der Waals surface area (Å²) in [5.74, 6) is 2.00. The van der Waals surface area contributed by atoms with Gasteiger partial charge in [0.1, 0.15) is 17.7 Å². The highest BCUT2D eigenvalue weighted by atomic mass is 16.5. The highest BCUT2D eigenvalue weighted by molar-refractivity contribution is 5.53. The second-order valence-corrected chi connectivity index (χ2v) is 6.10. The summed E-state index contributed by atoms with van der Waals surface area (Å²) in [6.45, 7) is 2.25. The summed E-state index contributed by atoms with van der Waals surface area (Å²) in [4.78, 5) is 10.9. The first-order chi connectivity index (χ1) is 11.3. The molecule has 6 nitrogen and oxygen atoms in total. The van der Waals surface area contributed by atoms with Gasteiger partial charge in [0.25, 0.3) is 0 Å². The molecular weight excluding hydrogens is 290 g/mol. The van der Waals surface area contributed by atoms with Crippen molar-refractivity contribution in [2.24, 2.45) is 0 Å². The number of nitrogen functional groups attached to an aromatic ring is 1. The van der Waals surface area contributed by atoms with Crippen LogP contribution in [0.3, 0.4) is 0 Å². The Kier molecular flexibility index (Phi) is 3.75. The molecule has 1 aromatic heterocycles. The predicted molar refractivity (Wildman–Crippen MR) is 90.4 cm³/mol. The molecule has 2 fully saturated rings. The molecule has 2 aromatic rings. The molecule has 1 saturated carbocycles. The van der Waals surface area contributed by atoms with Crippen molar-refractivity contribution in [3.63, 3.8) is 0 Å². The number of morpholine rings is 1. The molecule has 1 saturated heterocycles. The number of nitrogens with one attached hydrogen (secondary N) is 1. The molecule has 0 amide bonds. The SMILES string of the molecule is Nc1nc(NC2CC2)cc(N2CCO[C@H](c3ccccc3)C2)n1. The highest BCUT2D eigenvalue weighted by Gasteiger charge is 2.25. The van der Waals surface area contributed by atoms with Gasteiger partial charge >= 0.3 is 0 Å². The average Bonchev–Trinajstić information content (AvgIpc) is 3.39. The van der Waals surface area contributed by atoms with Crippen LogP contribution >= 0.6 is 0 Å². The van der Waals surface area contributed by atoms with E-state index in [1.807, 2.05) is 24.3 Å². The van der Waals surface area contributed by atoms with Crippen molar-refractivity contribution in [1.82, 2.24) is 9.97 Å². The minimum atomic E-state index is 0.0565. The van der Waals surface area contributed by atoms with Crippen molar-refractivity contribution >= 4 is 17.6 Å². The summed E-state index contributed by atoms with van der Waals surface area (Å²) < 4.78 is 5.92. The van der Waals surface area contributed by atoms with Gasteiger partial charge in [-0.1, -0.05) is 30.3 Å². The molecule has 4 rings (SSSR count). The van der Waals surface area contributed by atoms with Gasteiger partial charge in [-0.2, -0.15) is 9.97 Å². The lowest BCUT2D eigenvalue weighted by molar-refractivity contribution is 0.0395. The van der Waals surface area contributed by atoms with Crippen molar-refractivity contribution in [3.05, 3.63) is 42.0 Å². The molecule has 1 aromatic carbocycles. The lowest BCUT2D eigenvalue weighted by Crippen LogP contribution is -2.39. The number of ether oxygens (including phenoxy) is 1. The fraction of sp³-hybridized carbons (Fsp3) is 0.412. The van der Waals surface area contributed by atoms with E-state index in [1.54, 1.807) is 0 Å². The minimum Gasteiger partial charge on any atom is -0.370 e. The van der Waals surface area contributed by atoms with Gasteiger partial charge in [0, 0.05) is 25.2 Å². The van der Waals surface area contributed by atoms with Gasteiger partial charge in [0.15, 0.2) is 0 Å². The molecule has 6 heteroatoms. The zero-order chi connectivity index (χ0) is 15.6. The number of nitrogens with zero attached hydrogens (tertiary/aromatic N) is 3. The van der Waals surface area contributed by atoms with Gasteiger partial charge in [-0.3, -0.25) is 0 Å². The summed E-state index contributed by atoms with van der Waals surface area (Å²) >= 11 is 0. The maximum atomic E-state index is 5.92. The van der Waals surface area contributed by atoms with Gasteiger partial charge in [0.05, 0.1) is 6.61 Å². The minimum absolute atomic E-state index is 0.0565. The monoisotopic (exact) mass is 311 g/mol. The van der Waals surface area contributed by atoms with Gasteiger partial charge in [-0.05, 0) is 18.4 Å². The Morgan fingerprint density at radius 3 is 2.78 bits per heavy atom. The van der Waals surface area contributed by atoms with Crippen LogP contribution in [0.5, 0.6) is 0 Å². The smallest absolute Gasteiger partial charge is 0.223 e. The zero-order valence-corrected chi connectivity index (χ0v) is 13.0.